The van der Waals surface area contributed by atoms with Crippen molar-refractivity contribution < 1.29 is 14.3 Å². The van der Waals surface area contributed by atoms with Crippen LogP contribution >= 0.6 is 0 Å². The molecule has 2 aromatic rings. The molecule has 0 saturated heterocycles. The number of nitriles is 1. The summed E-state index contributed by atoms with van der Waals surface area (Å²) in [5.41, 5.74) is 2.04. The fourth-order valence-electron chi connectivity index (χ4n) is 2.30. The summed E-state index contributed by atoms with van der Waals surface area (Å²) in [7, 11) is 0. The molecule has 0 saturated carbocycles. The van der Waals surface area contributed by atoms with E-state index in [1.807, 2.05) is 36.4 Å². The first-order valence-electron chi connectivity index (χ1n) is 8.17. The van der Waals surface area contributed by atoms with Crippen LogP contribution in [0.2, 0.25) is 0 Å². The maximum Gasteiger partial charge on any atom is 0.306 e. The molecule has 2 rings (SSSR count). The number of rotatable bonds is 8. The Morgan fingerprint density at radius 3 is 2.48 bits per heavy atom. The van der Waals surface area contributed by atoms with Gasteiger partial charge < -0.3 is 10.1 Å². The molecule has 0 aliphatic carbocycles. The van der Waals surface area contributed by atoms with Gasteiger partial charge in [0.05, 0.1) is 24.3 Å². The smallest absolute Gasteiger partial charge is 0.306 e. The monoisotopic (exact) mass is 336 g/mol. The van der Waals surface area contributed by atoms with Gasteiger partial charge in [-0.1, -0.05) is 42.5 Å². The number of nitrogens with zero attached hydrogens (tertiary/aromatic N) is 1. The van der Waals surface area contributed by atoms with Crippen LogP contribution in [0, 0.1) is 11.3 Å². The molecule has 2 aromatic carbocycles. The second-order valence-electron chi connectivity index (χ2n) is 5.52. The SMILES string of the molecule is N#Cc1ccccc1NC(=O)CCC(=O)OCCCc1ccccc1. The average molecular weight is 336 g/mol. The molecular weight excluding hydrogens is 316 g/mol. The van der Waals surface area contributed by atoms with Gasteiger partial charge in [-0.2, -0.15) is 5.26 Å². The van der Waals surface area contributed by atoms with Gasteiger partial charge in [0.25, 0.3) is 0 Å². The van der Waals surface area contributed by atoms with Crippen LogP contribution in [0.5, 0.6) is 0 Å². The number of hydrogen-bond acceptors (Lipinski definition) is 4. The van der Waals surface area contributed by atoms with E-state index in [4.69, 9.17) is 10.00 Å². The van der Waals surface area contributed by atoms with Crippen molar-refractivity contribution in [1.29, 1.82) is 5.26 Å². The molecule has 0 fully saturated rings. The lowest BCUT2D eigenvalue weighted by atomic mass is 10.1. The highest BCUT2D eigenvalue weighted by atomic mass is 16.5. The summed E-state index contributed by atoms with van der Waals surface area (Å²) in [6.07, 6.45) is 1.64. The van der Waals surface area contributed by atoms with Gasteiger partial charge in [0.2, 0.25) is 5.91 Å². The lowest BCUT2D eigenvalue weighted by molar-refractivity contribution is -0.144. The molecule has 0 unspecified atom stereocenters. The zero-order valence-corrected chi connectivity index (χ0v) is 13.9. The highest BCUT2D eigenvalue weighted by molar-refractivity contribution is 5.93. The molecule has 128 valence electrons. The molecule has 0 aromatic heterocycles. The number of para-hydroxylation sites is 1. The van der Waals surface area contributed by atoms with Crippen molar-refractivity contribution in [3.63, 3.8) is 0 Å². The van der Waals surface area contributed by atoms with E-state index in [2.05, 4.69) is 5.32 Å². The fourth-order valence-corrected chi connectivity index (χ4v) is 2.30. The predicted molar refractivity (Wildman–Crippen MR) is 94.7 cm³/mol. The van der Waals surface area contributed by atoms with Crippen molar-refractivity contribution in [1.82, 2.24) is 0 Å². The number of carbonyl (C=O) groups is 2. The summed E-state index contributed by atoms with van der Waals surface area (Å²) >= 11 is 0. The molecule has 0 aliphatic rings. The van der Waals surface area contributed by atoms with Gasteiger partial charge in [-0.15, -0.1) is 0 Å². The first-order chi connectivity index (χ1) is 12.2. The molecule has 0 spiro atoms. The average Bonchev–Trinajstić information content (AvgIpc) is 2.65. The lowest BCUT2D eigenvalue weighted by Gasteiger charge is -2.07. The van der Waals surface area contributed by atoms with Crippen molar-refractivity contribution in [2.45, 2.75) is 25.7 Å². The zero-order chi connectivity index (χ0) is 17.9. The molecular formula is C20H20N2O3. The summed E-state index contributed by atoms with van der Waals surface area (Å²) < 4.78 is 5.14. The maximum absolute atomic E-state index is 11.9. The Morgan fingerprint density at radius 1 is 1.00 bits per heavy atom. The van der Waals surface area contributed by atoms with Crippen LogP contribution in [0.1, 0.15) is 30.4 Å². The molecule has 1 amide bonds. The van der Waals surface area contributed by atoms with E-state index in [1.165, 1.54) is 5.56 Å². The molecule has 5 heteroatoms. The van der Waals surface area contributed by atoms with Crippen LogP contribution < -0.4 is 5.32 Å². The quantitative estimate of drug-likeness (QED) is 0.591. The van der Waals surface area contributed by atoms with Gasteiger partial charge in [-0.3, -0.25) is 9.59 Å². The third-order valence-electron chi connectivity index (χ3n) is 3.59. The molecule has 5 nitrogen and oxygen atoms in total. The molecule has 0 radical (unpaired) electrons. The van der Waals surface area contributed by atoms with Gasteiger partial charge >= 0.3 is 5.97 Å². The second kappa shape index (κ2) is 9.89. The Kier molecular flexibility index (Phi) is 7.20. The van der Waals surface area contributed by atoms with E-state index in [9.17, 15) is 9.59 Å². The van der Waals surface area contributed by atoms with Crippen molar-refractivity contribution in [2.24, 2.45) is 0 Å². The Labute approximate surface area is 147 Å². The Balaban J connectivity index is 1.64. The van der Waals surface area contributed by atoms with Crippen LogP contribution in [-0.4, -0.2) is 18.5 Å². The molecule has 0 atom stereocenters. The van der Waals surface area contributed by atoms with Crippen LogP contribution in [0.15, 0.2) is 54.6 Å². The molecule has 0 heterocycles. The number of aryl methyl sites for hydroxylation is 1. The highest BCUT2D eigenvalue weighted by Crippen LogP contribution is 2.14. The van der Waals surface area contributed by atoms with Crippen LogP contribution in [-0.2, 0) is 20.7 Å². The second-order valence-corrected chi connectivity index (χ2v) is 5.52. The standard InChI is InChI=1S/C20H20N2O3/c21-15-17-10-4-5-11-18(17)22-19(23)12-13-20(24)25-14-6-9-16-7-2-1-3-8-16/h1-5,7-8,10-11H,6,9,12-14H2,(H,22,23). The summed E-state index contributed by atoms with van der Waals surface area (Å²) in [5.74, 6) is -0.708. The summed E-state index contributed by atoms with van der Waals surface area (Å²) in [4.78, 5) is 23.6. The van der Waals surface area contributed by atoms with E-state index in [-0.39, 0.29) is 18.7 Å². The number of ether oxygens (including phenoxy) is 1. The van der Waals surface area contributed by atoms with E-state index in [1.54, 1.807) is 24.3 Å². The van der Waals surface area contributed by atoms with Crippen molar-refractivity contribution in [2.75, 3.05) is 11.9 Å². The summed E-state index contributed by atoms with van der Waals surface area (Å²) in [6, 6.07) is 18.7. The number of anilines is 1. The summed E-state index contributed by atoms with van der Waals surface area (Å²) in [6.45, 7) is 0.340. The minimum Gasteiger partial charge on any atom is -0.466 e. The maximum atomic E-state index is 11.9. The molecule has 0 aliphatic heterocycles. The summed E-state index contributed by atoms with van der Waals surface area (Å²) in [5, 5.41) is 11.6. The van der Waals surface area contributed by atoms with Gasteiger partial charge in [0.15, 0.2) is 0 Å². The lowest BCUT2D eigenvalue weighted by Crippen LogP contribution is -2.15. The van der Waals surface area contributed by atoms with Crippen LogP contribution in [0.4, 0.5) is 5.69 Å². The fraction of sp³-hybridized carbons (Fsp3) is 0.250. The molecule has 0 bridgehead atoms. The Morgan fingerprint density at radius 2 is 1.72 bits per heavy atom. The van der Waals surface area contributed by atoms with Crippen molar-refractivity contribution in [3.8, 4) is 6.07 Å². The number of hydrogen-bond donors (Lipinski definition) is 1. The molecule has 25 heavy (non-hydrogen) atoms. The first kappa shape index (κ1) is 18.2. The van der Waals surface area contributed by atoms with Gasteiger partial charge in [0, 0.05) is 6.42 Å². The van der Waals surface area contributed by atoms with Gasteiger partial charge in [0.1, 0.15) is 6.07 Å². The van der Waals surface area contributed by atoms with E-state index >= 15 is 0 Å². The van der Waals surface area contributed by atoms with Crippen molar-refractivity contribution >= 4 is 17.6 Å². The minimum absolute atomic E-state index is 0.0197. The van der Waals surface area contributed by atoms with E-state index < -0.39 is 5.97 Å². The van der Waals surface area contributed by atoms with Crippen LogP contribution in [0.3, 0.4) is 0 Å². The normalized spacial score (nSPS) is 9.88. The first-order valence-corrected chi connectivity index (χ1v) is 8.17. The van der Waals surface area contributed by atoms with E-state index in [0.29, 0.717) is 17.9 Å². The predicted octanol–water partition coefficient (Wildman–Crippen LogP) is 3.45. The third-order valence-corrected chi connectivity index (χ3v) is 3.59. The van der Waals surface area contributed by atoms with Gasteiger partial charge in [-0.05, 0) is 30.5 Å². The number of amides is 1. The Hall–Kier alpha value is -3.13. The minimum atomic E-state index is -0.392. The topological polar surface area (TPSA) is 79.2 Å². The Bertz CT molecular complexity index is 751. The largest absolute Gasteiger partial charge is 0.466 e. The number of carbonyl (C=O) groups excluding carboxylic acids is 2. The molecule has 1 N–H and O–H groups in total. The van der Waals surface area contributed by atoms with Gasteiger partial charge in [-0.25, -0.2) is 0 Å². The zero-order valence-electron chi connectivity index (χ0n) is 13.9. The number of esters is 1. The van der Waals surface area contributed by atoms with E-state index in [0.717, 1.165) is 12.8 Å². The van der Waals surface area contributed by atoms with Crippen molar-refractivity contribution in [3.05, 3.63) is 65.7 Å². The third kappa shape index (κ3) is 6.48. The van der Waals surface area contributed by atoms with Crippen LogP contribution in [0.25, 0.3) is 0 Å². The number of benzene rings is 2. The highest BCUT2D eigenvalue weighted by Gasteiger charge is 2.10. The number of nitrogens with one attached hydrogen (secondary N) is 1.